The molecule has 0 aliphatic heterocycles. The number of hydrogen-bond acceptors (Lipinski definition) is 3. The fourth-order valence-electron chi connectivity index (χ4n) is 0.485. The van der Waals surface area contributed by atoms with Gasteiger partial charge in [-0.2, -0.15) is 4.41 Å². The average Bonchev–Trinajstić information content (AvgIpc) is 1.21. The quantitative estimate of drug-likeness (QED) is 0.412. The Morgan fingerprint density at radius 2 is 1.75 bits per heavy atom. The van der Waals surface area contributed by atoms with Gasteiger partial charge in [0.1, 0.15) is 0 Å². The highest BCUT2D eigenvalue weighted by molar-refractivity contribution is 7.77. The summed E-state index contributed by atoms with van der Waals surface area (Å²) in [6, 6.07) is 0. The molecular formula is C5H14N2S. The SMILES string of the molecule is CN(S)NC(C)(C)C. The first-order valence-corrected chi connectivity index (χ1v) is 3.02. The van der Waals surface area contributed by atoms with Crippen molar-refractivity contribution in [3.63, 3.8) is 0 Å². The second-order valence-electron chi connectivity index (χ2n) is 2.89. The molecule has 2 nitrogen and oxygen atoms in total. The van der Waals surface area contributed by atoms with Gasteiger partial charge in [-0.1, -0.05) is 12.8 Å². The zero-order chi connectivity index (χ0) is 6.78. The highest BCUT2D eigenvalue weighted by Crippen LogP contribution is 1.99. The highest BCUT2D eigenvalue weighted by atomic mass is 32.1. The highest BCUT2D eigenvalue weighted by Gasteiger charge is 2.08. The third-order valence-corrected chi connectivity index (χ3v) is 0.597. The van der Waals surface area contributed by atoms with E-state index in [-0.39, 0.29) is 5.54 Å². The lowest BCUT2D eigenvalue weighted by atomic mass is 10.1. The van der Waals surface area contributed by atoms with Crippen molar-refractivity contribution in [2.75, 3.05) is 7.05 Å². The standard InChI is InChI=1S/C5H14N2S/c1-5(2,3)6-7(4)8/h6,8H,1-4H3. The van der Waals surface area contributed by atoms with Crippen LogP contribution in [0.15, 0.2) is 0 Å². The Morgan fingerprint density at radius 1 is 1.38 bits per heavy atom. The minimum Gasteiger partial charge on any atom is -0.241 e. The van der Waals surface area contributed by atoms with E-state index in [1.165, 1.54) is 0 Å². The molecule has 0 aromatic heterocycles. The molecule has 0 unspecified atom stereocenters. The summed E-state index contributed by atoms with van der Waals surface area (Å²) in [6.07, 6.45) is 0. The lowest BCUT2D eigenvalue weighted by Gasteiger charge is -2.24. The maximum atomic E-state index is 4.01. The molecule has 0 spiro atoms. The van der Waals surface area contributed by atoms with E-state index >= 15 is 0 Å². The molecule has 0 atom stereocenters. The van der Waals surface area contributed by atoms with E-state index in [0.29, 0.717) is 0 Å². The van der Waals surface area contributed by atoms with Gasteiger partial charge in [-0.3, -0.25) is 0 Å². The van der Waals surface area contributed by atoms with Gasteiger partial charge in [0.05, 0.1) is 0 Å². The second-order valence-corrected chi connectivity index (χ2v) is 3.49. The predicted molar refractivity (Wildman–Crippen MR) is 39.6 cm³/mol. The Morgan fingerprint density at radius 3 is 1.75 bits per heavy atom. The third-order valence-electron chi connectivity index (χ3n) is 0.497. The van der Waals surface area contributed by atoms with E-state index in [9.17, 15) is 0 Å². The molecule has 0 saturated carbocycles. The molecule has 0 bridgehead atoms. The summed E-state index contributed by atoms with van der Waals surface area (Å²) in [5, 5.41) is 0. The number of rotatable bonds is 1. The first-order chi connectivity index (χ1) is 3.42. The van der Waals surface area contributed by atoms with E-state index in [1.54, 1.807) is 4.41 Å². The van der Waals surface area contributed by atoms with Crippen LogP contribution in [0.5, 0.6) is 0 Å². The minimum absolute atomic E-state index is 0.122. The van der Waals surface area contributed by atoms with Gasteiger partial charge < -0.3 is 0 Å². The van der Waals surface area contributed by atoms with Crippen molar-refractivity contribution in [2.24, 2.45) is 0 Å². The van der Waals surface area contributed by atoms with Crippen LogP contribution < -0.4 is 5.43 Å². The normalized spacial score (nSPS) is 12.8. The molecule has 0 rings (SSSR count). The second kappa shape index (κ2) is 2.71. The summed E-state index contributed by atoms with van der Waals surface area (Å²) in [6.45, 7) is 6.25. The van der Waals surface area contributed by atoms with Crippen LogP contribution in [0.2, 0.25) is 0 Å². The van der Waals surface area contributed by atoms with E-state index < -0.39 is 0 Å². The summed E-state index contributed by atoms with van der Waals surface area (Å²) < 4.78 is 1.65. The molecule has 3 heteroatoms. The van der Waals surface area contributed by atoms with E-state index in [4.69, 9.17) is 0 Å². The molecule has 8 heavy (non-hydrogen) atoms. The van der Waals surface area contributed by atoms with Crippen molar-refractivity contribution < 1.29 is 0 Å². The summed E-state index contributed by atoms with van der Waals surface area (Å²) in [7, 11) is 1.86. The molecule has 0 aliphatic rings. The van der Waals surface area contributed by atoms with Crippen molar-refractivity contribution in [2.45, 2.75) is 26.3 Å². The van der Waals surface area contributed by atoms with Crippen molar-refractivity contribution in [3.05, 3.63) is 0 Å². The first kappa shape index (κ1) is 8.27. The lowest BCUT2D eigenvalue weighted by molar-refractivity contribution is 0.282. The predicted octanol–water partition coefficient (Wildman–Crippen LogP) is 1.07. The first-order valence-electron chi connectivity index (χ1n) is 2.62. The number of hydrogen-bond donors (Lipinski definition) is 2. The average molecular weight is 134 g/mol. The van der Waals surface area contributed by atoms with Gasteiger partial charge in [0, 0.05) is 12.6 Å². The van der Waals surface area contributed by atoms with Crippen LogP contribution in [0.4, 0.5) is 0 Å². The van der Waals surface area contributed by atoms with Crippen LogP contribution in [-0.4, -0.2) is 17.0 Å². The van der Waals surface area contributed by atoms with Gasteiger partial charge in [-0.05, 0) is 20.8 Å². The minimum atomic E-state index is 0.122. The van der Waals surface area contributed by atoms with Crippen molar-refractivity contribution in [1.82, 2.24) is 9.84 Å². The number of nitrogens with one attached hydrogen (secondary N) is 1. The van der Waals surface area contributed by atoms with Crippen LogP contribution in [-0.2, 0) is 0 Å². The largest absolute Gasteiger partial charge is 0.241 e. The van der Waals surface area contributed by atoms with Gasteiger partial charge in [0.25, 0.3) is 0 Å². The van der Waals surface area contributed by atoms with Crippen LogP contribution in [0, 0.1) is 0 Å². The molecular weight excluding hydrogens is 120 g/mol. The molecule has 0 amide bonds. The zero-order valence-electron chi connectivity index (χ0n) is 5.89. The summed E-state index contributed by atoms with van der Waals surface area (Å²) >= 11 is 4.01. The van der Waals surface area contributed by atoms with Crippen molar-refractivity contribution >= 4 is 12.8 Å². The van der Waals surface area contributed by atoms with Crippen LogP contribution in [0.1, 0.15) is 20.8 Å². The Kier molecular flexibility index (Phi) is 2.80. The topological polar surface area (TPSA) is 15.3 Å². The van der Waals surface area contributed by atoms with Gasteiger partial charge >= 0.3 is 0 Å². The monoisotopic (exact) mass is 134 g/mol. The maximum Gasteiger partial charge on any atom is 0.0250 e. The van der Waals surface area contributed by atoms with Gasteiger partial charge in [0.15, 0.2) is 0 Å². The van der Waals surface area contributed by atoms with Crippen molar-refractivity contribution in [3.8, 4) is 0 Å². The molecule has 0 heterocycles. The molecule has 0 saturated heterocycles. The number of hydrazine groups is 1. The summed E-state index contributed by atoms with van der Waals surface area (Å²) in [4.78, 5) is 0. The molecule has 0 aromatic rings. The Balaban J connectivity index is 3.39. The van der Waals surface area contributed by atoms with Crippen molar-refractivity contribution in [1.29, 1.82) is 0 Å². The van der Waals surface area contributed by atoms with E-state index in [1.807, 2.05) is 7.05 Å². The third kappa shape index (κ3) is 6.27. The summed E-state index contributed by atoms with van der Waals surface area (Å²) in [5.74, 6) is 0. The maximum absolute atomic E-state index is 4.01. The molecule has 0 aromatic carbocycles. The van der Waals surface area contributed by atoms with E-state index in [2.05, 4.69) is 39.0 Å². The number of nitrogens with zero attached hydrogens (tertiary/aromatic N) is 1. The van der Waals surface area contributed by atoms with Gasteiger partial charge in [-0.15, -0.1) is 0 Å². The molecule has 50 valence electrons. The molecule has 0 fully saturated rings. The van der Waals surface area contributed by atoms with Crippen LogP contribution in [0.25, 0.3) is 0 Å². The fourth-order valence-corrected chi connectivity index (χ4v) is 0.785. The lowest BCUT2D eigenvalue weighted by Crippen LogP contribution is -2.42. The Bertz CT molecular complexity index is 65.3. The Hall–Kier alpha value is 0.270. The number of thiol groups is 1. The molecule has 0 aliphatic carbocycles. The fraction of sp³-hybridized carbons (Fsp3) is 1.00. The van der Waals surface area contributed by atoms with Crippen LogP contribution in [0.3, 0.4) is 0 Å². The Labute approximate surface area is 56.8 Å². The van der Waals surface area contributed by atoms with Gasteiger partial charge in [0.2, 0.25) is 0 Å². The summed E-state index contributed by atoms with van der Waals surface area (Å²) in [5.41, 5.74) is 3.20. The van der Waals surface area contributed by atoms with Gasteiger partial charge in [-0.25, -0.2) is 5.43 Å². The van der Waals surface area contributed by atoms with Crippen LogP contribution >= 0.6 is 12.8 Å². The molecule has 0 radical (unpaired) electrons. The smallest absolute Gasteiger partial charge is 0.0250 e. The molecule has 1 N–H and O–H groups in total. The zero-order valence-corrected chi connectivity index (χ0v) is 6.79. The van der Waals surface area contributed by atoms with E-state index in [0.717, 1.165) is 0 Å².